The molecule has 2 heterocycles. The summed E-state index contributed by atoms with van der Waals surface area (Å²) in [4.78, 5) is 23.0. The molecule has 132 valence electrons. The number of nitrogens with zero attached hydrogens (tertiary/aromatic N) is 3. The van der Waals surface area contributed by atoms with Gasteiger partial charge in [-0.05, 0) is 56.6 Å². The molecule has 1 amide bonds. The van der Waals surface area contributed by atoms with Crippen molar-refractivity contribution in [3.63, 3.8) is 0 Å². The van der Waals surface area contributed by atoms with Crippen molar-refractivity contribution in [3.8, 4) is 0 Å². The number of nitrogens with one attached hydrogen (secondary N) is 1. The number of anilines is 2. The molecule has 0 bridgehead atoms. The lowest BCUT2D eigenvalue weighted by Gasteiger charge is -2.35. The molecule has 0 saturated carbocycles. The number of carbonyl (C=O) groups is 1. The molecule has 1 aliphatic rings. The lowest BCUT2D eigenvalue weighted by atomic mass is 9.93. The van der Waals surface area contributed by atoms with Crippen molar-refractivity contribution < 1.29 is 4.79 Å². The van der Waals surface area contributed by atoms with Gasteiger partial charge in [0.25, 0.3) is 0 Å². The van der Waals surface area contributed by atoms with Gasteiger partial charge in [0.1, 0.15) is 0 Å². The monoisotopic (exact) mass is 359 g/mol. The Hall–Kier alpha value is -2.18. The molecule has 1 fully saturated rings. The predicted octanol–water partition coefficient (Wildman–Crippen LogP) is 2.92. The Labute approximate surface area is 152 Å². The quantitative estimate of drug-likeness (QED) is 0.876. The highest BCUT2D eigenvalue weighted by Gasteiger charge is 2.28. The number of rotatable bonds is 4. The highest BCUT2D eigenvalue weighted by Crippen LogP contribution is 2.27. The number of amides is 1. The lowest BCUT2D eigenvalue weighted by Crippen LogP contribution is -2.46. The van der Waals surface area contributed by atoms with Crippen molar-refractivity contribution in [2.75, 3.05) is 24.1 Å². The van der Waals surface area contributed by atoms with E-state index in [9.17, 15) is 4.79 Å². The van der Waals surface area contributed by atoms with E-state index >= 15 is 0 Å². The van der Waals surface area contributed by atoms with Crippen molar-refractivity contribution in [2.45, 2.75) is 31.7 Å². The van der Waals surface area contributed by atoms with Crippen LogP contribution in [0.3, 0.4) is 0 Å². The Morgan fingerprint density at radius 1 is 1.36 bits per heavy atom. The molecule has 6 nitrogen and oxygen atoms in total. The Balaban J connectivity index is 1.63. The summed E-state index contributed by atoms with van der Waals surface area (Å²) >= 11 is 5.88. The minimum absolute atomic E-state index is 0.0230. The number of hydrogen-bond acceptors (Lipinski definition) is 5. The minimum Gasteiger partial charge on any atom is -0.368 e. The number of nitrogen functional groups attached to an aromatic ring is 1. The number of carbonyl (C=O) groups excluding carboxylic acids is 1. The van der Waals surface area contributed by atoms with Gasteiger partial charge in [0, 0.05) is 29.4 Å². The van der Waals surface area contributed by atoms with Crippen molar-refractivity contribution in [1.82, 2.24) is 14.9 Å². The summed E-state index contributed by atoms with van der Waals surface area (Å²) in [5.41, 5.74) is 7.39. The maximum absolute atomic E-state index is 12.6. The molecule has 1 saturated heterocycles. The van der Waals surface area contributed by atoms with Gasteiger partial charge < -0.3 is 11.1 Å². The average Bonchev–Trinajstić information content (AvgIpc) is 2.63. The third-order valence-electron chi connectivity index (χ3n) is 4.61. The number of nitrogens with two attached hydrogens (primary N) is 1. The van der Waals surface area contributed by atoms with Crippen LogP contribution in [0.15, 0.2) is 36.5 Å². The van der Waals surface area contributed by atoms with Gasteiger partial charge in [-0.3, -0.25) is 9.69 Å². The second kappa shape index (κ2) is 7.80. The van der Waals surface area contributed by atoms with E-state index in [2.05, 4.69) is 20.2 Å². The third-order valence-corrected chi connectivity index (χ3v) is 4.86. The summed E-state index contributed by atoms with van der Waals surface area (Å²) < 4.78 is 0. The van der Waals surface area contributed by atoms with E-state index in [1.807, 2.05) is 13.0 Å². The molecular formula is C18H22ClN5O. The summed E-state index contributed by atoms with van der Waals surface area (Å²) in [5.74, 6) is 0.540. The summed E-state index contributed by atoms with van der Waals surface area (Å²) in [5, 5.41) is 3.59. The maximum Gasteiger partial charge on any atom is 0.241 e. The van der Waals surface area contributed by atoms with Gasteiger partial charge in [-0.15, -0.1) is 0 Å². The molecule has 0 aliphatic carbocycles. The van der Waals surface area contributed by atoms with Crippen LogP contribution in [0.5, 0.6) is 0 Å². The van der Waals surface area contributed by atoms with E-state index in [1.165, 1.54) is 0 Å². The molecule has 2 atom stereocenters. The third kappa shape index (κ3) is 4.46. The topological polar surface area (TPSA) is 84.1 Å². The van der Waals surface area contributed by atoms with Gasteiger partial charge in [-0.2, -0.15) is 0 Å². The van der Waals surface area contributed by atoms with Crippen molar-refractivity contribution in [3.05, 3.63) is 47.2 Å². The fourth-order valence-electron chi connectivity index (χ4n) is 3.16. The van der Waals surface area contributed by atoms with E-state index in [1.54, 1.807) is 30.5 Å². The predicted molar refractivity (Wildman–Crippen MR) is 99.5 cm³/mol. The first-order chi connectivity index (χ1) is 12.0. The molecular weight excluding hydrogens is 338 g/mol. The van der Waals surface area contributed by atoms with E-state index in [0.717, 1.165) is 37.3 Å². The van der Waals surface area contributed by atoms with E-state index in [0.29, 0.717) is 11.0 Å². The second-order valence-corrected chi connectivity index (χ2v) is 6.78. The molecule has 1 aromatic carbocycles. The van der Waals surface area contributed by atoms with Crippen LogP contribution in [0, 0.1) is 0 Å². The highest BCUT2D eigenvalue weighted by atomic mass is 35.5. The zero-order valence-corrected chi connectivity index (χ0v) is 14.9. The molecule has 1 aromatic heterocycles. The summed E-state index contributed by atoms with van der Waals surface area (Å²) in [7, 11) is 0. The number of piperidine rings is 1. The second-order valence-electron chi connectivity index (χ2n) is 6.35. The molecule has 25 heavy (non-hydrogen) atoms. The first kappa shape index (κ1) is 17.6. The van der Waals surface area contributed by atoms with Gasteiger partial charge in [-0.1, -0.05) is 11.6 Å². The Morgan fingerprint density at radius 3 is 2.84 bits per heavy atom. The zero-order valence-electron chi connectivity index (χ0n) is 14.2. The van der Waals surface area contributed by atoms with Crippen LogP contribution in [0.4, 0.5) is 11.6 Å². The van der Waals surface area contributed by atoms with Gasteiger partial charge in [0.05, 0.1) is 11.7 Å². The van der Waals surface area contributed by atoms with Crippen LogP contribution in [-0.4, -0.2) is 39.9 Å². The fraction of sp³-hybridized carbons (Fsp3) is 0.389. The van der Waals surface area contributed by atoms with E-state index in [-0.39, 0.29) is 17.9 Å². The first-order valence-electron chi connectivity index (χ1n) is 8.42. The Bertz CT molecular complexity index is 737. The largest absolute Gasteiger partial charge is 0.368 e. The average molecular weight is 360 g/mol. The molecule has 1 aliphatic heterocycles. The van der Waals surface area contributed by atoms with Crippen LogP contribution >= 0.6 is 11.6 Å². The van der Waals surface area contributed by atoms with Crippen LogP contribution in [0.25, 0.3) is 0 Å². The molecule has 0 radical (unpaired) electrons. The zero-order chi connectivity index (χ0) is 17.8. The normalized spacial score (nSPS) is 19.4. The van der Waals surface area contributed by atoms with Gasteiger partial charge >= 0.3 is 0 Å². The highest BCUT2D eigenvalue weighted by molar-refractivity contribution is 6.30. The summed E-state index contributed by atoms with van der Waals surface area (Å²) in [6.45, 7) is 3.61. The molecule has 2 aromatic rings. The van der Waals surface area contributed by atoms with E-state index in [4.69, 9.17) is 17.3 Å². The fourth-order valence-corrected chi connectivity index (χ4v) is 3.29. The van der Waals surface area contributed by atoms with Crippen molar-refractivity contribution in [1.29, 1.82) is 0 Å². The van der Waals surface area contributed by atoms with Gasteiger partial charge in [-0.25, -0.2) is 9.97 Å². The SMILES string of the molecule is C[C@H](C(=O)Nc1ccc(Cl)cc1)N1CCC[C@H](c2ccnc(N)n2)C1. The number of benzene rings is 1. The van der Waals surface area contributed by atoms with Crippen LogP contribution in [0.1, 0.15) is 31.4 Å². The van der Waals surface area contributed by atoms with E-state index < -0.39 is 0 Å². The molecule has 7 heteroatoms. The standard InChI is InChI=1S/C18H22ClN5O/c1-12(17(25)22-15-6-4-14(19)5-7-15)24-10-2-3-13(11-24)16-8-9-21-18(20)23-16/h4-9,12-13H,2-3,10-11H2,1H3,(H,22,25)(H2,20,21,23)/t12-,13+/m1/s1. The number of likely N-dealkylation sites (tertiary alicyclic amines) is 1. The van der Waals surface area contributed by atoms with Crippen molar-refractivity contribution in [2.24, 2.45) is 0 Å². The van der Waals surface area contributed by atoms with Crippen LogP contribution in [-0.2, 0) is 4.79 Å². The number of halogens is 1. The summed E-state index contributed by atoms with van der Waals surface area (Å²) in [6.07, 6.45) is 3.75. The lowest BCUT2D eigenvalue weighted by molar-refractivity contribution is -0.121. The molecule has 0 spiro atoms. The van der Waals surface area contributed by atoms with Crippen LogP contribution in [0.2, 0.25) is 5.02 Å². The van der Waals surface area contributed by atoms with Gasteiger partial charge in [0.15, 0.2) is 0 Å². The first-order valence-corrected chi connectivity index (χ1v) is 8.79. The Kier molecular flexibility index (Phi) is 5.50. The number of aromatic nitrogens is 2. The minimum atomic E-state index is -0.224. The van der Waals surface area contributed by atoms with Crippen molar-refractivity contribution >= 4 is 29.1 Å². The summed E-state index contributed by atoms with van der Waals surface area (Å²) in [6, 6.07) is 8.81. The smallest absolute Gasteiger partial charge is 0.241 e. The number of hydrogen-bond donors (Lipinski definition) is 2. The molecule has 3 rings (SSSR count). The molecule has 3 N–H and O–H groups in total. The maximum atomic E-state index is 12.6. The Morgan fingerprint density at radius 2 is 2.12 bits per heavy atom. The van der Waals surface area contributed by atoms with Gasteiger partial charge in [0.2, 0.25) is 11.9 Å². The molecule has 0 unspecified atom stereocenters. The van der Waals surface area contributed by atoms with Crippen LogP contribution < -0.4 is 11.1 Å².